The lowest BCUT2D eigenvalue weighted by molar-refractivity contribution is 0.0112. The molecule has 0 saturated heterocycles. The standard InChI is InChI=1S/C15H22FNO4/c1-9-6-5-7-10(12(9)16)13(19)11(18)8-17-14(20)21-15(2,3)4/h5-7,11,13,18-19H,8H2,1-4H3,(H,17,20). The third kappa shape index (κ3) is 5.32. The molecule has 2 atom stereocenters. The monoisotopic (exact) mass is 299 g/mol. The summed E-state index contributed by atoms with van der Waals surface area (Å²) in [4.78, 5) is 11.4. The fourth-order valence-corrected chi connectivity index (χ4v) is 1.72. The van der Waals surface area contributed by atoms with Gasteiger partial charge in [-0.05, 0) is 33.3 Å². The number of carbonyl (C=O) groups is 1. The van der Waals surface area contributed by atoms with E-state index in [1.807, 2.05) is 0 Å². The zero-order valence-electron chi connectivity index (χ0n) is 12.7. The number of amides is 1. The molecule has 5 nitrogen and oxygen atoms in total. The number of nitrogens with one attached hydrogen (secondary N) is 1. The van der Waals surface area contributed by atoms with Gasteiger partial charge in [0.05, 0.1) is 0 Å². The van der Waals surface area contributed by atoms with Crippen molar-refractivity contribution < 1.29 is 24.1 Å². The highest BCUT2D eigenvalue weighted by Gasteiger charge is 2.24. The molecule has 0 spiro atoms. The fraction of sp³-hybridized carbons (Fsp3) is 0.533. The van der Waals surface area contributed by atoms with Gasteiger partial charge in [-0.25, -0.2) is 9.18 Å². The van der Waals surface area contributed by atoms with Gasteiger partial charge in [-0.1, -0.05) is 18.2 Å². The predicted molar refractivity (Wildman–Crippen MR) is 76.3 cm³/mol. The first-order valence-electron chi connectivity index (χ1n) is 6.70. The third-order valence-corrected chi connectivity index (χ3v) is 2.76. The van der Waals surface area contributed by atoms with Gasteiger partial charge in [-0.3, -0.25) is 0 Å². The molecule has 1 amide bonds. The molecule has 21 heavy (non-hydrogen) atoms. The van der Waals surface area contributed by atoms with Crippen LogP contribution in [0.2, 0.25) is 0 Å². The number of alkyl carbamates (subject to hydrolysis) is 1. The molecular weight excluding hydrogens is 277 g/mol. The van der Waals surface area contributed by atoms with Gasteiger partial charge in [0.25, 0.3) is 0 Å². The van der Waals surface area contributed by atoms with Crippen molar-refractivity contribution in [2.24, 2.45) is 0 Å². The van der Waals surface area contributed by atoms with E-state index in [1.165, 1.54) is 6.07 Å². The maximum absolute atomic E-state index is 13.9. The number of hydrogen-bond acceptors (Lipinski definition) is 4. The van der Waals surface area contributed by atoms with Crippen molar-refractivity contribution in [1.82, 2.24) is 5.32 Å². The summed E-state index contributed by atoms with van der Waals surface area (Å²) in [5, 5.41) is 22.1. The van der Waals surface area contributed by atoms with Crippen LogP contribution in [0.5, 0.6) is 0 Å². The summed E-state index contributed by atoms with van der Waals surface area (Å²) in [5.41, 5.74) is -0.289. The summed E-state index contributed by atoms with van der Waals surface area (Å²) in [6.07, 6.45) is -3.48. The van der Waals surface area contributed by atoms with Crippen LogP contribution in [-0.2, 0) is 4.74 Å². The molecule has 2 unspecified atom stereocenters. The van der Waals surface area contributed by atoms with Gasteiger partial charge in [0.2, 0.25) is 0 Å². The van der Waals surface area contributed by atoms with E-state index in [-0.39, 0.29) is 12.1 Å². The molecule has 1 rings (SSSR count). The Labute approximate surface area is 123 Å². The first-order valence-corrected chi connectivity index (χ1v) is 6.70. The topological polar surface area (TPSA) is 78.8 Å². The fourth-order valence-electron chi connectivity index (χ4n) is 1.72. The van der Waals surface area contributed by atoms with Crippen LogP contribution in [0.25, 0.3) is 0 Å². The molecule has 0 saturated carbocycles. The number of carbonyl (C=O) groups excluding carboxylic acids is 1. The Kier molecular flexibility index (Phi) is 5.69. The number of rotatable bonds is 4. The number of halogens is 1. The summed E-state index contributed by atoms with van der Waals surface area (Å²) in [5.74, 6) is -0.568. The van der Waals surface area contributed by atoms with Crippen molar-refractivity contribution in [2.75, 3.05) is 6.54 Å². The lowest BCUT2D eigenvalue weighted by Crippen LogP contribution is -2.39. The Balaban J connectivity index is 2.61. The van der Waals surface area contributed by atoms with Crippen molar-refractivity contribution in [3.05, 3.63) is 35.1 Å². The quantitative estimate of drug-likeness (QED) is 0.795. The summed E-state index contributed by atoms with van der Waals surface area (Å²) in [7, 11) is 0. The van der Waals surface area contributed by atoms with Crippen LogP contribution in [0.15, 0.2) is 18.2 Å². The van der Waals surface area contributed by atoms with Crippen LogP contribution in [0.4, 0.5) is 9.18 Å². The van der Waals surface area contributed by atoms with Gasteiger partial charge >= 0.3 is 6.09 Å². The van der Waals surface area contributed by atoms with Crippen molar-refractivity contribution in [2.45, 2.75) is 45.5 Å². The van der Waals surface area contributed by atoms with E-state index in [0.717, 1.165) is 0 Å². The molecule has 0 fully saturated rings. The largest absolute Gasteiger partial charge is 0.444 e. The predicted octanol–water partition coefficient (Wildman–Crippen LogP) is 2.05. The van der Waals surface area contributed by atoms with Crippen molar-refractivity contribution >= 4 is 6.09 Å². The lowest BCUT2D eigenvalue weighted by atomic mass is 10.0. The zero-order chi connectivity index (χ0) is 16.2. The number of aliphatic hydroxyl groups excluding tert-OH is 2. The minimum atomic E-state index is -1.43. The second-order valence-electron chi connectivity index (χ2n) is 5.87. The van der Waals surface area contributed by atoms with Crippen LogP contribution >= 0.6 is 0 Å². The van der Waals surface area contributed by atoms with E-state index in [1.54, 1.807) is 39.8 Å². The van der Waals surface area contributed by atoms with E-state index in [2.05, 4.69) is 5.32 Å². The smallest absolute Gasteiger partial charge is 0.407 e. The first kappa shape index (κ1) is 17.4. The van der Waals surface area contributed by atoms with E-state index >= 15 is 0 Å². The van der Waals surface area contributed by atoms with Crippen LogP contribution < -0.4 is 5.32 Å². The molecule has 0 bridgehead atoms. The van der Waals surface area contributed by atoms with Crippen molar-refractivity contribution in [3.8, 4) is 0 Å². The van der Waals surface area contributed by atoms with E-state index in [0.29, 0.717) is 5.56 Å². The molecule has 1 aromatic rings. The SMILES string of the molecule is Cc1cccc(C(O)C(O)CNC(=O)OC(C)(C)C)c1F. The van der Waals surface area contributed by atoms with Crippen LogP contribution in [-0.4, -0.2) is 34.6 Å². The molecule has 0 heterocycles. The first-order chi connectivity index (χ1) is 9.61. The summed E-state index contributed by atoms with van der Waals surface area (Å²) in [6, 6.07) is 4.55. The Hall–Kier alpha value is -1.66. The number of aryl methyl sites for hydroxylation is 1. The third-order valence-electron chi connectivity index (χ3n) is 2.76. The van der Waals surface area contributed by atoms with Crippen LogP contribution in [0, 0.1) is 12.7 Å². The molecule has 0 aliphatic carbocycles. The van der Waals surface area contributed by atoms with E-state index in [4.69, 9.17) is 4.74 Å². The summed E-state index contributed by atoms with van der Waals surface area (Å²) < 4.78 is 18.9. The van der Waals surface area contributed by atoms with Crippen LogP contribution in [0.3, 0.4) is 0 Å². The average Bonchev–Trinajstić information content (AvgIpc) is 2.36. The molecule has 0 aliphatic rings. The molecule has 6 heteroatoms. The van der Waals surface area contributed by atoms with Crippen molar-refractivity contribution in [1.29, 1.82) is 0 Å². The van der Waals surface area contributed by atoms with Gasteiger partial charge in [-0.2, -0.15) is 0 Å². The highest BCUT2D eigenvalue weighted by Crippen LogP contribution is 2.22. The molecular formula is C15H22FNO4. The molecule has 3 N–H and O–H groups in total. The second kappa shape index (κ2) is 6.87. The summed E-state index contributed by atoms with van der Waals surface area (Å²) in [6.45, 7) is 6.44. The molecule has 0 radical (unpaired) electrons. The Bertz CT molecular complexity index is 499. The highest BCUT2D eigenvalue weighted by molar-refractivity contribution is 5.67. The Morgan fingerprint density at radius 1 is 1.38 bits per heavy atom. The molecule has 0 aromatic heterocycles. The maximum atomic E-state index is 13.9. The average molecular weight is 299 g/mol. The lowest BCUT2D eigenvalue weighted by Gasteiger charge is -2.22. The Morgan fingerprint density at radius 3 is 2.57 bits per heavy atom. The minimum absolute atomic E-state index is 0.00603. The second-order valence-corrected chi connectivity index (χ2v) is 5.87. The molecule has 118 valence electrons. The maximum Gasteiger partial charge on any atom is 0.407 e. The van der Waals surface area contributed by atoms with Gasteiger partial charge in [-0.15, -0.1) is 0 Å². The number of benzene rings is 1. The molecule has 0 aliphatic heterocycles. The van der Waals surface area contributed by atoms with Gasteiger partial charge in [0.1, 0.15) is 23.6 Å². The van der Waals surface area contributed by atoms with Gasteiger partial charge in [0.15, 0.2) is 0 Å². The highest BCUT2D eigenvalue weighted by atomic mass is 19.1. The van der Waals surface area contributed by atoms with Gasteiger partial charge in [0, 0.05) is 12.1 Å². The number of hydrogen-bond donors (Lipinski definition) is 3. The summed E-state index contributed by atoms with van der Waals surface area (Å²) >= 11 is 0. The normalized spacial score (nSPS) is 14.4. The number of ether oxygens (including phenoxy) is 1. The minimum Gasteiger partial charge on any atom is -0.444 e. The van der Waals surface area contributed by atoms with E-state index < -0.39 is 29.7 Å². The van der Waals surface area contributed by atoms with Crippen LogP contribution in [0.1, 0.15) is 38.0 Å². The number of aliphatic hydroxyl groups is 2. The Morgan fingerprint density at radius 2 is 2.00 bits per heavy atom. The molecule has 1 aromatic carbocycles. The van der Waals surface area contributed by atoms with Gasteiger partial charge < -0.3 is 20.3 Å². The van der Waals surface area contributed by atoms with E-state index in [9.17, 15) is 19.4 Å². The van der Waals surface area contributed by atoms with Crippen molar-refractivity contribution in [3.63, 3.8) is 0 Å². The zero-order valence-corrected chi connectivity index (χ0v) is 12.7.